The number of ether oxygens (including phenoxy) is 1. The Balaban J connectivity index is 1.51. The molecule has 1 saturated heterocycles. The topological polar surface area (TPSA) is 84.3 Å². The van der Waals surface area contributed by atoms with Crippen LogP contribution >= 0.6 is 11.6 Å². The molecule has 8 nitrogen and oxygen atoms in total. The molecule has 4 rings (SSSR count). The quantitative estimate of drug-likeness (QED) is 0.632. The number of urea groups is 1. The Morgan fingerprint density at radius 3 is 2.65 bits per heavy atom. The summed E-state index contributed by atoms with van der Waals surface area (Å²) in [6, 6.07) is 10.6. The Labute approximate surface area is 186 Å². The summed E-state index contributed by atoms with van der Waals surface area (Å²) in [6.07, 6.45) is 6.35. The molecule has 1 aliphatic heterocycles. The van der Waals surface area contributed by atoms with Crippen LogP contribution in [-0.2, 0) is 7.05 Å². The number of pyridine rings is 1. The molecule has 0 aliphatic carbocycles. The third kappa shape index (κ3) is 5.08. The second kappa shape index (κ2) is 9.26. The maximum Gasteiger partial charge on any atom is 0.319 e. The van der Waals surface area contributed by atoms with Gasteiger partial charge in [0.05, 0.1) is 25.2 Å². The van der Waals surface area contributed by atoms with Crippen LogP contribution in [0.5, 0.6) is 5.75 Å². The number of rotatable bonds is 5. The van der Waals surface area contributed by atoms with Crippen LogP contribution in [0, 0.1) is 0 Å². The molecule has 0 radical (unpaired) electrons. The molecule has 3 aromatic rings. The lowest BCUT2D eigenvalue weighted by molar-refractivity contribution is 0.243. The van der Waals surface area contributed by atoms with Crippen molar-refractivity contribution in [1.82, 2.24) is 20.1 Å². The van der Waals surface area contributed by atoms with E-state index in [4.69, 9.17) is 16.3 Å². The van der Waals surface area contributed by atoms with E-state index < -0.39 is 0 Å². The van der Waals surface area contributed by atoms with Gasteiger partial charge in [-0.1, -0.05) is 11.6 Å². The van der Waals surface area contributed by atoms with Gasteiger partial charge in [-0.25, -0.2) is 4.79 Å². The first kappa shape index (κ1) is 21.0. The molecule has 31 heavy (non-hydrogen) atoms. The molecular weight excluding hydrogens is 416 g/mol. The van der Waals surface area contributed by atoms with Crippen molar-refractivity contribution in [3.05, 3.63) is 65.7 Å². The highest BCUT2D eigenvalue weighted by Crippen LogP contribution is 2.30. The lowest BCUT2D eigenvalue weighted by Gasteiger charge is -2.39. The van der Waals surface area contributed by atoms with E-state index in [9.17, 15) is 4.79 Å². The Morgan fingerprint density at radius 2 is 2.00 bits per heavy atom. The van der Waals surface area contributed by atoms with Gasteiger partial charge in [0, 0.05) is 54.7 Å². The van der Waals surface area contributed by atoms with E-state index in [-0.39, 0.29) is 18.0 Å². The molecule has 2 amide bonds. The van der Waals surface area contributed by atoms with Gasteiger partial charge in [-0.3, -0.25) is 9.67 Å². The highest BCUT2D eigenvalue weighted by molar-refractivity contribution is 6.30. The van der Waals surface area contributed by atoms with Gasteiger partial charge >= 0.3 is 6.03 Å². The number of amides is 2. The van der Waals surface area contributed by atoms with Crippen molar-refractivity contribution in [2.24, 2.45) is 7.05 Å². The van der Waals surface area contributed by atoms with Crippen LogP contribution in [0.25, 0.3) is 0 Å². The molecule has 1 fully saturated rings. The number of halogens is 1. The molecule has 2 aromatic heterocycles. The number of piperidine rings is 1. The first-order valence-corrected chi connectivity index (χ1v) is 10.5. The zero-order valence-corrected chi connectivity index (χ0v) is 18.2. The minimum atomic E-state index is -0.249. The van der Waals surface area contributed by atoms with Crippen LogP contribution < -0.4 is 20.3 Å². The summed E-state index contributed by atoms with van der Waals surface area (Å²) in [5, 5.41) is 10.9. The van der Waals surface area contributed by atoms with E-state index in [1.165, 1.54) is 0 Å². The molecule has 162 valence electrons. The lowest BCUT2D eigenvalue weighted by Crippen LogP contribution is -2.51. The van der Waals surface area contributed by atoms with Gasteiger partial charge in [0.25, 0.3) is 0 Å². The number of aromatic nitrogens is 3. The highest BCUT2D eigenvalue weighted by atomic mass is 35.5. The lowest BCUT2D eigenvalue weighted by atomic mass is 9.88. The van der Waals surface area contributed by atoms with Crippen LogP contribution in [0.1, 0.15) is 18.0 Å². The molecule has 2 unspecified atom stereocenters. The number of benzene rings is 1. The van der Waals surface area contributed by atoms with Crippen molar-refractivity contribution in [1.29, 1.82) is 0 Å². The van der Waals surface area contributed by atoms with Gasteiger partial charge in [-0.2, -0.15) is 5.10 Å². The Kier molecular flexibility index (Phi) is 6.27. The Bertz CT molecular complexity index is 1020. The minimum absolute atomic E-state index is 0.0100. The van der Waals surface area contributed by atoms with Crippen LogP contribution in [0.15, 0.2) is 55.0 Å². The number of methoxy groups -OCH3 is 1. The van der Waals surface area contributed by atoms with E-state index in [0.29, 0.717) is 16.5 Å². The molecular formula is C22H25ClN6O2. The van der Waals surface area contributed by atoms with Crippen LogP contribution in [-0.4, -0.2) is 47.0 Å². The average Bonchev–Trinajstić information content (AvgIpc) is 3.22. The number of aryl methyl sites for hydroxylation is 1. The van der Waals surface area contributed by atoms with E-state index in [1.54, 1.807) is 42.3 Å². The van der Waals surface area contributed by atoms with Gasteiger partial charge in [0.15, 0.2) is 0 Å². The van der Waals surface area contributed by atoms with Crippen LogP contribution in [0.2, 0.25) is 5.02 Å². The number of carbonyl (C=O) groups is 1. The predicted molar refractivity (Wildman–Crippen MR) is 121 cm³/mol. The monoisotopic (exact) mass is 440 g/mol. The predicted octanol–water partition coefficient (Wildman–Crippen LogP) is 3.66. The molecule has 0 saturated carbocycles. The fourth-order valence-electron chi connectivity index (χ4n) is 3.83. The molecule has 1 aromatic carbocycles. The van der Waals surface area contributed by atoms with Gasteiger partial charge < -0.3 is 20.3 Å². The molecule has 1 aliphatic rings. The average molecular weight is 441 g/mol. The van der Waals surface area contributed by atoms with Gasteiger partial charge in [0.1, 0.15) is 5.75 Å². The first-order chi connectivity index (χ1) is 15.0. The molecule has 3 heterocycles. The zero-order valence-electron chi connectivity index (χ0n) is 17.5. The molecule has 9 heteroatoms. The summed E-state index contributed by atoms with van der Waals surface area (Å²) in [5.74, 6) is 0.712. The molecule has 0 spiro atoms. The fourth-order valence-corrected chi connectivity index (χ4v) is 3.96. The Hall–Kier alpha value is -3.26. The number of anilines is 2. The normalized spacial score (nSPS) is 18.5. The number of nitrogens with one attached hydrogen (secondary N) is 2. The van der Waals surface area contributed by atoms with Gasteiger partial charge in [-0.15, -0.1) is 0 Å². The third-order valence-corrected chi connectivity index (χ3v) is 5.71. The maximum absolute atomic E-state index is 12.7. The molecule has 2 atom stereocenters. The van der Waals surface area contributed by atoms with Crippen molar-refractivity contribution in [3.8, 4) is 5.75 Å². The summed E-state index contributed by atoms with van der Waals surface area (Å²) in [4.78, 5) is 19.6. The zero-order chi connectivity index (χ0) is 21.8. The van der Waals surface area contributed by atoms with Crippen LogP contribution in [0.3, 0.4) is 0 Å². The highest BCUT2D eigenvalue weighted by Gasteiger charge is 2.33. The standard InChI is InChI=1S/C22H25ClN6O2/c1-28-13-17(11-25-28)29-10-9-21(19(14-29)20-8-7-18(31-2)12-24-20)27-22(30)26-16-5-3-15(23)4-6-16/h3-8,11-13,19,21H,9-10,14H2,1-2H3,(H2,26,27,30). The minimum Gasteiger partial charge on any atom is -0.495 e. The summed E-state index contributed by atoms with van der Waals surface area (Å²) in [7, 11) is 3.52. The number of nitrogens with zero attached hydrogens (tertiary/aromatic N) is 4. The first-order valence-electron chi connectivity index (χ1n) is 10.1. The van der Waals surface area contributed by atoms with E-state index >= 15 is 0 Å². The maximum atomic E-state index is 12.7. The largest absolute Gasteiger partial charge is 0.495 e. The molecule has 0 bridgehead atoms. The number of hydrogen-bond acceptors (Lipinski definition) is 5. The van der Waals surface area contributed by atoms with Gasteiger partial charge in [0.2, 0.25) is 0 Å². The van der Waals surface area contributed by atoms with E-state index in [1.807, 2.05) is 31.6 Å². The van der Waals surface area contributed by atoms with Gasteiger partial charge in [-0.05, 0) is 42.8 Å². The third-order valence-electron chi connectivity index (χ3n) is 5.46. The smallest absolute Gasteiger partial charge is 0.319 e. The van der Waals surface area contributed by atoms with Crippen molar-refractivity contribution < 1.29 is 9.53 Å². The van der Waals surface area contributed by atoms with E-state index in [0.717, 1.165) is 30.9 Å². The SMILES string of the molecule is COc1ccc(C2CN(c3cnn(C)c3)CCC2NC(=O)Nc2ccc(Cl)cc2)nc1. The van der Waals surface area contributed by atoms with E-state index in [2.05, 4.69) is 25.6 Å². The van der Waals surface area contributed by atoms with Crippen molar-refractivity contribution >= 4 is 29.0 Å². The second-order valence-corrected chi connectivity index (χ2v) is 7.98. The number of hydrogen-bond donors (Lipinski definition) is 2. The molecule has 2 N–H and O–H groups in total. The summed E-state index contributed by atoms with van der Waals surface area (Å²) >= 11 is 5.92. The van der Waals surface area contributed by atoms with Crippen molar-refractivity contribution in [3.63, 3.8) is 0 Å². The summed E-state index contributed by atoms with van der Waals surface area (Å²) in [5.41, 5.74) is 2.66. The second-order valence-electron chi connectivity index (χ2n) is 7.55. The van der Waals surface area contributed by atoms with Crippen LogP contribution in [0.4, 0.5) is 16.2 Å². The van der Waals surface area contributed by atoms with Crippen molar-refractivity contribution in [2.45, 2.75) is 18.4 Å². The summed E-state index contributed by atoms with van der Waals surface area (Å²) < 4.78 is 7.03. The summed E-state index contributed by atoms with van der Waals surface area (Å²) in [6.45, 7) is 1.53. The number of carbonyl (C=O) groups excluding carboxylic acids is 1. The van der Waals surface area contributed by atoms with Crippen molar-refractivity contribution in [2.75, 3.05) is 30.4 Å². The Morgan fingerprint density at radius 1 is 1.19 bits per heavy atom. The fraction of sp³-hybridized carbons (Fsp3) is 0.318.